The smallest absolute Gasteiger partial charge is 0.191 e. The summed E-state index contributed by atoms with van der Waals surface area (Å²) in [6, 6.07) is 0.637. The van der Waals surface area contributed by atoms with E-state index >= 15 is 0 Å². The molecule has 0 radical (unpaired) electrons. The third-order valence-corrected chi connectivity index (χ3v) is 4.32. The van der Waals surface area contributed by atoms with Gasteiger partial charge in [0, 0.05) is 19.1 Å². The molecule has 0 atom stereocenters. The fourth-order valence-corrected chi connectivity index (χ4v) is 3.02. The minimum Gasteiger partial charge on any atom is -0.357 e. The molecule has 0 saturated heterocycles. The van der Waals surface area contributed by atoms with E-state index in [0.717, 1.165) is 19.0 Å². The van der Waals surface area contributed by atoms with Crippen LogP contribution in [0.2, 0.25) is 0 Å². The first kappa shape index (κ1) is 23.0. The Hall–Kier alpha value is -0.0400. The molecule has 0 unspecified atom stereocenters. The lowest BCUT2D eigenvalue weighted by atomic mass is 9.96. The highest BCUT2D eigenvalue weighted by Gasteiger charge is 2.14. The summed E-state index contributed by atoms with van der Waals surface area (Å²) in [5, 5.41) is 7.00. The van der Waals surface area contributed by atoms with Gasteiger partial charge in [0.2, 0.25) is 0 Å². The van der Waals surface area contributed by atoms with Gasteiger partial charge in [-0.15, -0.1) is 24.0 Å². The first-order chi connectivity index (χ1) is 10.7. The molecular weight excluding hydrogens is 399 g/mol. The predicted molar refractivity (Wildman–Crippen MR) is 113 cm³/mol. The van der Waals surface area contributed by atoms with Gasteiger partial charge < -0.3 is 15.5 Å². The van der Waals surface area contributed by atoms with E-state index in [4.69, 9.17) is 4.99 Å². The summed E-state index contributed by atoms with van der Waals surface area (Å²) in [6.45, 7) is 5.26. The Bertz CT molecular complexity index is 289. The Morgan fingerprint density at radius 2 is 1.65 bits per heavy atom. The van der Waals surface area contributed by atoms with Crippen LogP contribution in [0, 0.1) is 0 Å². The van der Waals surface area contributed by atoms with Crippen LogP contribution in [0.4, 0.5) is 0 Å². The van der Waals surface area contributed by atoms with E-state index in [1.54, 1.807) is 0 Å². The van der Waals surface area contributed by atoms with Gasteiger partial charge in [-0.05, 0) is 53.2 Å². The van der Waals surface area contributed by atoms with Crippen molar-refractivity contribution < 1.29 is 0 Å². The molecule has 0 amide bonds. The number of guanidine groups is 1. The number of unbranched alkanes of at least 4 members (excludes halogenated alkanes) is 4. The van der Waals surface area contributed by atoms with Crippen LogP contribution < -0.4 is 10.6 Å². The summed E-state index contributed by atoms with van der Waals surface area (Å²) < 4.78 is 0. The van der Waals surface area contributed by atoms with Crippen LogP contribution in [0.25, 0.3) is 0 Å². The Balaban J connectivity index is 0.00000484. The number of hydrogen-bond acceptors (Lipinski definition) is 2. The van der Waals surface area contributed by atoms with E-state index < -0.39 is 0 Å². The summed E-state index contributed by atoms with van der Waals surface area (Å²) in [4.78, 5) is 7.01. The Morgan fingerprint density at radius 3 is 2.30 bits per heavy atom. The SMILES string of the molecule is CCNC(=NCCCCCCCN(C)C)NC1CCCCC1.I. The molecule has 0 spiro atoms. The summed E-state index contributed by atoms with van der Waals surface area (Å²) in [6.07, 6.45) is 13.3. The molecule has 4 nitrogen and oxygen atoms in total. The molecule has 2 N–H and O–H groups in total. The van der Waals surface area contributed by atoms with Crippen LogP contribution in [0.1, 0.15) is 71.1 Å². The quantitative estimate of drug-likeness (QED) is 0.234. The number of aliphatic imine (C=N–C) groups is 1. The standard InChI is InChI=1S/C18H38N4.HI/c1-4-19-18(21-17-13-9-8-10-14-17)20-15-11-6-5-7-12-16-22(2)3;/h17H,4-16H2,1-3H3,(H2,19,20,21);1H. The maximum absolute atomic E-state index is 4.74. The molecule has 0 heterocycles. The zero-order valence-electron chi connectivity index (χ0n) is 15.6. The van der Waals surface area contributed by atoms with Gasteiger partial charge in [0.15, 0.2) is 5.96 Å². The van der Waals surface area contributed by atoms with Gasteiger partial charge in [-0.2, -0.15) is 0 Å². The van der Waals surface area contributed by atoms with Gasteiger partial charge in [-0.1, -0.05) is 38.5 Å². The Labute approximate surface area is 161 Å². The van der Waals surface area contributed by atoms with E-state index in [2.05, 4.69) is 36.6 Å². The molecule has 1 rings (SSSR count). The molecule has 138 valence electrons. The van der Waals surface area contributed by atoms with E-state index in [9.17, 15) is 0 Å². The van der Waals surface area contributed by atoms with Crippen molar-refractivity contribution in [1.82, 2.24) is 15.5 Å². The van der Waals surface area contributed by atoms with Crippen LogP contribution >= 0.6 is 24.0 Å². The maximum atomic E-state index is 4.74. The Morgan fingerprint density at radius 1 is 1.00 bits per heavy atom. The molecule has 1 saturated carbocycles. The first-order valence-corrected chi connectivity index (χ1v) is 9.42. The van der Waals surface area contributed by atoms with Gasteiger partial charge in [-0.25, -0.2) is 0 Å². The topological polar surface area (TPSA) is 39.7 Å². The normalized spacial score (nSPS) is 16.3. The molecule has 0 aromatic rings. The fourth-order valence-electron chi connectivity index (χ4n) is 3.02. The van der Waals surface area contributed by atoms with E-state index in [1.165, 1.54) is 70.8 Å². The Kier molecular flexibility index (Phi) is 15.5. The summed E-state index contributed by atoms with van der Waals surface area (Å²) >= 11 is 0. The number of halogens is 1. The second-order valence-corrected chi connectivity index (χ2v) is 6.81. The molecule has 0 bridgehead atoms. The number of nitrogens with zero attached hydrogens (tertiary/aromatic N) is 2. The van der Waals surface area contributed by atoms with Crippen molar-refractivity contribution in [3.05, 3.63) is 0 Å². The third-order valence-electron chi connectivity index (χ3n) is 4.32. The number of rotatable bonds is 10. The van der Waals surface area contributed by atoms with Crippen LogP contribution in [0.5, 0.6) is 0 Å². The molecule has 0 aromatic heterocycles. The van der Waals surface area contributed by atoms with Crippen molar-refractivity contribution in [1.29, 1.82) is 0 Å². The zero-order chi connectivity index (χ0) is 16.0. The molecule has 1 fully saturated rings. The maximum Gasteiger partial charge on any atom is 0.191 e. The van der Waals surface area contributed by atoms with Gasteiger partial charge in [0.05, 0.1) is 0 Å². The molecule has 1 aliphatic carbocycles. The average molecular weight is 438 g/mol. The lowest BCUT2D eigenvalue weighted by Gasteiger charge is -2.24. The first-order valence-electron chi connectivity index (χ1n) is 9.42. The van der Waals surface area contributed by atoms with E-state index in [1.807, 2.05) is 0 Å². The lowest BCUT2D eigenvalue weighted by Crippen LogP contribution is -2.44. The average Bonchev–Trinajstić information content (AvgIpc) is 2.50. The van der Waals surface area contributed by atoms with Crippen molar-refractivity contribution in [3.63, 3.8) is 0 Å². The van der Waals surface area contributed by atoms with Crippen LogP contribution in [-0.2, 0) is 0 Å². The number of nitrogens with one attached hydrogen (secondary N) is 2. The van der Waals surface area contributed by atoms with Crippen molar-refractivity contribution in [2.75, 3.05) is 33.7 Å². The highest BCUT2D eigenvalue weighted by atomic mass is 127. The number of hydrogen-bond donors (Lipinski definition) is 2. The summed E-state index contributed by atoms with van der Waals surface area (Å²) in [7, 11) is 4.30. The predicted octanol–water partition coefficient (Wildman–Crippen LogP) is 4.00. The largest absolute Gasteiger partial charge is 0.357 e. The minimum absolute atomic E-state index is 0. The van der Waals surface area contributed by atoms with E-state index in [-0.39, 0.29) is 24.0 Å². The highest BCUT2D eigenvalue weighted by Crippen LogP contribution is 2.17. The molecule has 0 aromatic carbocycles. The van der Waals surface area contributed by atoms with Crippen LogP contribution in [0.3, 0.4) is 0 Å². The van der Waals surface area contributed by atoms with Gasteiger partial charge in [-0.3, -0.25) is 4.99 Å². The molecule has 0 aliphatic heterocycles. The fraction of sp³-hybridized carbons (Fsp3) is 0.944. The van der Waals surface area contributed by atoms with E-state index in [0.29, 0.717) is 6.04 Å². The molecule has 23 heavy (non-hydrogen) atoms. The summed E-state index contributed by atoms with van der Waals surface area (Å²) in [5.74, 6) is 1.03. The van der Waals surface area contributed by atoms with Gasteiger partial charge in [0.25, 0.3) is 0 Å². The minimum atomic E-state index is 0. The van der Waals surface area contributed by atoms with Crippen molar-refractivity contribution in [2.24, 2.45) is 4.99 Å². The lowest BCUT2D eigenvalue weighted by molar-refractivity contribution is 0.390. The summed E-state index contributed by atoms with van der Waals surface area (Å²) in [5.41, 5.74) is 0. The van der Waals surface area contributed by atoms with Crippen molar-refractivity contribution in [3.8, 4) is 0 Å². The second kappa shape index (κ2) is 15.5. The molecular formula is C18H39IN4. The van der Waals surface area contributed by atoms with Crippen LogP contribution in [-0.4, -0.2) is 50.6 Å². The monoisotopic (exact) mass is 438 g/mol. The third kappa shape index (κ3) is 13.0. The van der Waals surface area contributed by atoms with Crippen molar-refractivity contribution in [2.45, 2.75) is 77.2 Å². The second-order valence-electron chi connectivity index (χ2n) is 6.81. The van der Waals surface area contributed by atoms with Crippen molar-refractivity contribution >= 4 is 29.9 Å². The van der Waals surface area contributed by atoms with Gasteiger partial charge >= 0.3 is 0 Å². The molecule has 5 heteroatoms. The zero-order valence-corrected chi connectivity index (χ0v) is 17.9. The molecule has 1 aliphatic rings. The van der Waals surface area contributed by atoms with Gasteiger partial charge in [0.1, 0.15) is 0 Å². The highest BCUT2D eigenvalue weighted by molar-refractivity contribution is 14.0. The van der Waals surface area contributed by atoms with Crippen LogP contribution in [0.15, 0.2) is 4.99 Å².